The number of amides is 1. The first-order chi connectivity index (χ1) is 11.1. The maximum absolute atomic E-state index is 12.7. The maximum Gasteiger partial charge on any atom is 0.268 e. The van der Waals surface area contributed by atoms with E-state index >= 15 is 0 Å². The average molecular weight is 334 g/mol. The van der Waals surface area contributed by atoms with Crippen LogP contribution >= 0.6 is 11.6 Å². The molecule has 1 N–H and O–H groups in total. The molecule has 1 fully saturated rings. The van der Waals surface area contributed by atoms with E-state index in [0.717, 1.165) is 50.3 Å². The number of carbonyl (C=O) groups excluding carboxylic acids is 1. The third-order valence-electron chi connectivity index (χ3n) is 5.05. The van der Waals surface area contributed by atoms with Crippen LogP contribution in [0.3, 0.4) is 0 Å². The fraction of sp³-hybridized carbons (Fsp3) is 0.562. The highest BCUT2D eigenvalue weighted by Crippen LogP contribution is 2.41. The summed E-state index contributed by atoms with van der Waals surface area (Å²) < 4.78 is 3.96. The van der Waals surface area contributed by atoms with E-state index in [1.807, 2.05) is 7.05 Å². The van der Waals surface area contributed by atoms with Crippen molar-refractivity contribution in [2.45, 2.75) is 50.6 Å². The van der Waals surface area contributed by atoms with Gasteiger partial charge in [0.15, 0.2) is 5.82 Å². The van der Waals surface area contributed by atoms with Crippen LogP contribution in [0, 0.1) is 0 Å². The molecule has 4 rings (SSSR count). The molecule has 1 aliphatic carbocycles. The summed E-state index contributed by atoms with van der Waals surface area (Å²) in [6.07, 6.45) is 7.95. The molecular weight excluding hydrogens is 314 g/mol. The highest BCUT2D eigenvalue weighted by atomic mass is 35.5. The lowest BCUT2D eigenvalue weighted by atomic mass is 9.75. The Balaban J connectivity index is 1.64. The van der Waals surface area contributed by atoms with Crippen LogP contribution in [0.5, 0.6) is 0 Å². The van der Waals surface area contributed by atoms with Crippen LogP contribution in [0.4, 0.5) is 0 Å². The summed E-state index contributed by atoms with van der Waals surface area (Å²) in [7, 11) is 1.83. The van der Waals surface area contributed by atoms with E-state index in [4.69, 9.17) is 11.6 Å². The van der Waals surface area contributed by atoms with E-state index in [-0.39, 0.29) is 11.4 Å². The van der Waals surface area contributed by atoms with Crippen molar-refractivity contribution in [2.75, 3.05) is 0 Å². The standard InChI is InChI=1S/C16H20ClN5O/c1-21-10-11(17)9-12(21)14(23)18-16(6-4-7-16)15-20-19-13-5-2-3-8-22(13)15/h9-10H,2-8H2,1H3,(H,18,23). The summed E-state index contributed by atoms with van der Waals surface area (Å²) in [6.45, 7) is 0.950. The molecule has 1 saturated carbocycles. The van der Waals surface area contributed by atoms with Crippen LogP contribution in [-0.4, -0.2) is 25.2 Å². The Kier molecular flexibility index (Phi) is 3.44. The van der Waals surface area contributed by atoms with Gasteiger partial charge in [0.2, 0.25) is 0 Å². The minimum Gasteiger partial charge on any atom is -0.345 e. The Morgan fingerprint density at radius 2 is 2.13 bits per heavy atom. The zero-order valence-corrected chi connectivity index (χ0v) is 13.9. The molecule has 23 heavy (non-hydrogen) atoms. The van der Waals surface area contributed by atoms with Gasteiger partial charge in [-0.2, -0.15) is 0 Å². The molecule has 2 aliphatic rings. The third kappa shape index (κ3) is 2.36. The largest absolute Gasteiger partial charge is 0.345 e. The number of hydrogen-bond donors (Lipinski definition) is 1. The Morgan fingerprint density at radius 3 is 2.78 bits per heavy atom. The van der Waals surface area contributed by atoms with Crippen molar-refractivity contribution < 1.29 is 4.79 Å². The molecule has 2 aromatic rings. The van der Waals surface area contributed by atoms with E-state index < -0.39 is 0 Å². The smallest absolute Gasteiger partial charge is 0.268 e. The fourth-order valence-electron chi connectivity index (χ4n) is 3.63. The van der Waals surface area contributed by atoms with Crippen LogP contribution in [0.25, 0.3) is 0 Å². The Hall–Kier alpha value is -1.82. The molecule has 6 nitrogen and oxygen atoms in total. The van der Waals surface area contributed by atoms with Crippen molar-refractivity contribution in [3.8, 4) is 0 Å². The topological polar surface area (TPSA) is 64.7 Å². The van der Waals surface area contributed by atoms with Gasteiger partial charge in [-0.25, -0.2) is 0 Å². The minimum atomic E-state index is -0.379. The molecule has 0 saturated heterocycles. The van der Waals surface area contributed by atoms with Gasteiger partial charge in [0.05, 0.1) is 5.02 Å². The third-order valence-corrected chi connectivity index (χ3v) is 5.26. The first-order valence-electron chi connectivity index (χ1n) is 8.16. The van der Waals surface area contributed by atoms with Gasteiger partial charge in [0.1, 0.15) is 17.1 Å². The number of halogens is 1. The van der Waals surface area contributed by atoms with E-state index in [2.05, 4.69) is 20.1 Å². The number of fused-ring (bicyclic) bond motifs is 1. The van der Waals surface area contributed by atoms with Crippen molar-refractivity contribution in [1.82, 2.24) is 24.6 Å². The molecule has 122 valence electrons. The van der Waals surface area contributed by atoms with Gasteiger partial charge in [-0.3, -0.25) is 4.79 Å². The molecule has 0 aromatic carbocycles. The normalized spacial score (nSPS) is 19.0. The second kappa shape index (κ2) is 5.37. The number of aromatic nitrogens is 4. The van der Waals surface area contributed by atoms with Crippen molar-refractivity contribution in [1.29, 1.82) is 0 Å². The first-order valence-corrected chi connectivity index (χ1v) is 8.54. The van der Waals surface area contributed by atoms with Gasteiger partial charge >= 0.3 is 0 Å². The number of aryl methyl sites for hydroxylation is 2. The molecule has 0 unspecified atom stereocenters. The summed E-state index contributed by atoms with van der Waals surface area (Å²) in [6, 6.07) is 1.70. The molecule has 0 bridgehead atoms. The predicted molar refractivity (Wildman–Crippen MR) is 86.4 cm³/mol. The lowest BCUT2D eigenvalue weighted by molar-refractivity contribution is 0.0792. The lowest BCUT2D eigenvalue weighted by Crippen LogP contribution is -2.52. The number of nitrogens with zero attached hydrogens (tertiary/aromatic N) is 4. The van der Waals surface area contributed by atoms with Crippen molar-refractivity contribution in [2.24, 2.45) is 7.05 Å². The van der Waals surface area contributed by atoms with Crippen LogP contribution in [0.2, 0.25) is 5.02 Å². The SMILES string of the molecule is Cn1cc(Cl)cc1C(=O)NC1(c2nnc3n2CCCC3)CCC1. The van der Waals surface area contributed by atoms with E-state index in [9.17, 15) is 4.79 Å². The molecule has 0 atom stereocenters. The van der Waals surface area contributed by atoms with E-state index in [1.54, 1.807) is 16.8 Å². The Morgan fingerprint density at radius 1 is 1.30 bits per heavy atom. The fourth-order valence-corrected chi connectivity index (χ4v) is 3.88. The first kappa shape index (κ1) is 14.8. The zero-order valence-electron chi connectivity index (χ0n) is 13.2. The number of rotatable bonds is 3. The van der Waals surface area contributed by atoms with Crippen molar-refractivity contribution in [3.63, 3.8) is 0 Å². The van der Waals surface area contributed by atoms with Crippen molar-refractivity contribution in [3.05, 3.63) is 34.6 Å². The molecule has 0 radical (unpaired) electrons. The average Bonchev–Trinajstić information content (AvgIpc) is 3.06. The van der Waals surface area contributed by atoms with Gasteiger partial charge in [-0.05, 0) is 38.2 Å². The predicted octanol–water partition coefficient (Wildman–Crippen LogP) is 2.42. The molecule has 7 heteroatoms. The van der Waals surface area contributed by atoms with Crippen LogP contribution in [0.15, 0.2) is 12.3 Å². The number of nitrogens with one attached hydrogen (secondary N) is 1. The van der Waals surface area contributed by atoms with Crippen molar-refractivity contribution >= 4 is 17.5 Å². The highest BCUT2D eigenvalue weighted by Gasteiger charge is 2.45. The molecule has 1 amide bonds. The minimum absolute atomic E-state index is 0.104. The maximum atomic E-state index is 12.7. The van der Waals surface area contributed by atoms with Crippen LogP contribution < -0.4 is 5.32 Å². The molecule has 0 spiro atoms. The molecule has 1 aliphatic heterocycles. The number of carbonyl (C=O) groups is 1. The quantitative estimate of drug-likeness (QED) is 0.938. The Labute approximate surface area is 139 Å². The van der Waals surface area contributed by atoms with Crippen LogP contribution in [-0.2, 0) is 25.6 Å². The zero-order chi connectivity index (χ0) is 16.0. The lowest BCUT2D eigenvalue weighted by Gasteiger charge is -2.41. The Bertz CT molecular complexity index is 759. The second-order valence-electron chi connectivity index (χ2n) is 6.59. The summed E-state index contributed by atoms with van der Waals surface area (Å²) >= 11 is 6.00. The van der Waals surface area contributed by atoms with Gasteiger partial charge in [-0.15, -0.1) is 10.2 Å². The number of hydrogen-bond acceptors (Lipinski definition) is 3. The van der Waals surface area contributed by atoms with Gasteiger partial charge < -0.3 is 14.5 Å². The molecular formula is C16H20ClN5O. The summed E-state index contributed by atoms with van der Waals surface area (Å²) in [5.74, 6) is 1.87. The van der Waals surface area contributed by atoms with Gasteiger partial charge in [0.25, 0.3) is 5.91 Å². The van der Waals surface area contributed by atoms with Gasteiger partial charge in [0, 0.05) is 26.2 Å². The van der Waals surface area contributed by atoms with Gasteiger partial charge in [-0.1, -0.05) is 11.6 Å². The van der Waals surface area contributed by atoms with E-state index in [0.29, 0.717) is 10.7 Å². The van der Waals surface area contributed by atoms with Crippen LogP contribution in [0.1, 0.15) is 54.2 Å². The molecule has 3 heterocycles. The summed E-state index contributed by atoms with van der Waals surface area (Å²) in [5, 5.41) is 12.6. The second-order valence-corrected chi connectivity index (χ2v) is 7.03. The summed E-state index contributed by atoms with van der Waals surface area (Å²) in [5.41, 5.74) is 0.191. The van der Waals surface area contributed by atoms with E-state index in [1.165, 1.54) is 6.42 Å². The molecule has 2 aromatic heterocycles. The summed E-state index contributed by atoms with van der Waals surface area (Å²) in [4.78, 5) is 12.7. The highest BCUT2D eigenvalue weighted by molar-refractivity contribution is 6.31. The monoisotopic (exact) mass is 333 g/mol.